The van der Waals surface area contributed by atoms with Gasteiger partial charge in [0.15, 0.2) is 11.5 Å². The third-order valence-electron chi connectivity index (χ3n) is 4.30. The third kappa shape index (κ3) is 6.77. The molecule has 0 aliphatic rings. The van der Waals surface area contributed by atoms with E-state index in [1.807, 2.05) is 49.8 Å². The Morgan fingerprint density at radius 2 is 2.07 bits per heavy atom. The van der Waals surface area contributed by atoms with Crippen LogP contribution in [0.4, 0.5) is 0 Å². The van der Waals surface area contributed by atoms with E-state index in [1.165, 1.54) is 0 Å². The molecule has 154 valence electrons. The fourth-order valence-electron chi connectivity index (χ4n) is 2.95. The van der Waals surface area contributed by atoms with Crippen LogP contribution in [0.3, 0.4) is 0 Å². The predicted molar refractivity (Wildman–Crippen MR) is 120 cm³/mol. The standard InChI is InChI=1S/C22H25BrClN3O2/c1-2-28-21-13-18(14-25-7-4-9-27-10-8-26-16-27)12-20(23)22(21)29-15-17-5-3-6-19(24)11-17/h3,5-6,8,10-13,16,25H,2,4,7,9,14-15H2,1H3. The van der Waals surface area contributed by atoms with Gasteiger partial charge >= 0.3 is 0 Å². The normalized spacial score (nSPS) is 10.9. The maximum absolute atomic E-state index is 6.06. The SMILES string of the molecule is CCOc1cc(CNCCCn2ccnc2)cc(Br)c1OCc1cccc(Cl)c1. The van der Waals surface area contributed by atoms with Gasteiger partial charge < -0.3 is 19.4 Å². The van der Waals surface area contributed by atoms with Crippen LogP contribution in [0, 0.1) is 0 Å². The first-order chi connectivity index (χ1) is 14.2. The first-order valence-electron chi connectivity index (χ1n) is 9.64. The Hall–Kier alpha value is -2.02. The monoisotopic (exact) mass is 477 g/mol. The highest BCUT2D eigenvalue weighted by molar-refractivity contribution is 9.10. The molecule has 3 aromatic rings. The van der Waals surface area contributed by atoms with E-state index < -0.39 is 0 Å². The number of benzene rings is 2. The van der Waals surface area contributed by atoms with E-state index in [4.69, 9.17) is 21.1 Å². The molecule has 0 amide bonds. The van der Waals surface area contributed by atoms with E-state index in [2.05, 4.69) is 36.9 Å². The molecule has 1 N–H and O–H groups in total. The van der Waals surface area contributed by atoms with Crippen molar-refractivity contribution in [2.75, 3.05) is 13.2 Å². The molecule has 0 atom stereocenters. The highest BCUT2D eigenvalue weighted by Gasteiger charge is 2.13. The Morgan fingerprint density at radius 1 is 1.17 bits per heavy atom. The zero-order chi connectivity index (χ0) is 20.5. The fraction of sp³-hybridized carbons (Fsp3) is 0.318. The highest BCUT2D eigenvalue weighted by Crippen LogP contribution is 2.37. The topological polar surface area (TPSA) is 48.3 Å². The summed E-state index contributed by atoms with van der Waals surface area (Å²) in [7, 11) is 0. The largest absolute Gasteiger partial charge is 0.490 e. The minimum Gasteiger partial charge on any atom is -0.490 e. The number of rotatable bonds is 11. The second-order valence-corrected chi connectivity index (χ2v) is 7.88. The van der Waals surface area contributed by atoms with Gasteiger partial charge in [-0.1, -0.05) is 23.7 Å². The van der Waals surface area contributed by atoms with Crippen LogP contribution in [-0.4, -0.2) is 22.7 Å². The first kappa shape index (κ1) is 21.7. The number of aryl methyl sites for hydroxylation is 1. The van der Waals surface area contributed by atoms with Gasteiger partial charge in [0.05, 0.1) is 17.4 Å². The smallest absolute Gasteiger partial charge is 0.175 e. The van der Waals surface area contributed by atoms with Crippen LogP contribution in [0.2, 0.25) is 5.02 Å². The van der Waals surface area contributed by atoms with Crippen LogP contribution < -0.4 is 14.8 Å². The lowest BCUT2D eigenvalue weighted by Gasteiger charge is -2.16. The number of halogens is 2. The molecule has 2 aromatic carbocycles. The van der Waals surface area contributed by atoms with E-state index in [0.29, 0.717) is 24.0 Å². The predicted octanol–water partition coefficient (Wildman–Crippen LogP) is 5.46. The third-order valence-corrected chi connectivity index (χ3v) is 5.12. The van der Waals surface area contributed by atoms with Crippen LogP contribution in [0.15, 0.2) is 59.6 Å². The van der Waals surface area contributed by atoms with Gasteiger partial charge in [-0.25, -0.2) is 4.98 Å². The maximum atomic E-state index is 6.06. The molecular formula is C22H25BrClN3O2. The van der Waals surface area contributed by atoms with Crippen LogP contribution >= 0.6 is 27.5 Å². The Kier molecular flexibility index (Phi) is 8.40. The molecular weight excluding hydrogens is 454 g/mol. The fourth-order valence-corrected chi connectivity index (χ4v) is 3.76. The first-order valence-corrected chi connectivity index (χ1v) is 10.8. The number of nitrogens with one attached hydrogen (secondary N) is 1. The summed E-state index contributed by atoms with van der Waals surface area (Å²) in [6.07, 6.45) is 6.66. The van der Waals surface area contributed by atoms with E-state index in [9.17, 15) is 0 Å². The molecule has 0 fully saturated rings. The van der Waals surface area contributed by atoms with Crippen molar-refractivity contribution in [3.8, 4) is 11.5 Å². The zero-order valence-corrected chi connectivity index (χ0v) is 18.7. The number of imidazole rings is 1. The average Bonchev–Trinajstić information content (AvgIpc) is 3.21. The molecule has 0 radical (unpaired) electrons. The van der Waals surface area contributed by atoms with Crippen molar-refractivity contribution < 1.29 is 9.47 Å². The molecule has 7 heteroatoms. The van der Waals surface area contributed by atoms with Gasteiger partial charge in [-0.15, -0.1) is 0 Å². The van der Waals surface area contributed by atoms with Crippen molar-refractivity contribution in [1.29, 1.82) is 0 Å². The van der Waals surface area contributed by atoms with E-state index in [-0.39, 0.29) is 0 Å². The molecule has 0 aliphatic heterocycles. The van der Waals surface area contributed by atoms with Gasteiger partial charge in [-0.05, 0) is 71.2 Å². The summed E-state index contributed by atoms with van der Waals surface area (Å²) in [5.74, 6) is 1.44. The van der Waals surface area contributed by atoms with Crippen molar-refractivity contribution >= 4 is 27.5 Å². The van der Waals surface area contributed by atoms with Gasteiger partial charge in [0.1, 0.15) is 6.61 Å². The van der Waals surface area contributed by atoms with Gasteiger partial charge in [-0.2, -0.15) is 0 Å². The average molecular weight is 479 g/mol. The maximum Gasteiger partial charge on any atom is 0.175 e. The molecule has 0 saturated heterocycles. The van der Waals surface area contributed by atoms with Crippen molar-refractivity contribution in [3.63, 3.8) is 0 Å². The molecule has 3 rings (SSSR count). The Labute approximate surface area is 185 Å². The summed E-state index contributed by atoms with van der Waals surface area (Å²) in [5.41, 5.74) is 2.15. The number of ether oxygens (including phenoxy) is 2. The van der Waals surface area contributed by atoms with Crippen LogP contribution in [0.1, 0.15) is 24.5 Å². The molecule has 0 unspecified atom stereocenters. The summed E-state index contributed by atoms with van der Waals surface area (Å²) >= 11 is 9.69. The minimum absolute atomic E-state index is 0.422. The van der Waals surface area contributed by atoms with Crippen LogP contribution in [0.5, 0.6) is 11.5 Å². The number of aromatic nitrogens is 2. The van der Waals surface area contributed by atoms with Crippen molar-refractivity contribution in [2.24, 2.45) is 0 Å². The van der Waals surface area contributed by atoms with Gasteiger partial charge in [0.25, 0.3) is 0 Å². The van der Waals surface area contributed by atoms with Crippen LogP contribution in [0.25, 0.3) is 0 Å². The molecule has 5 nitrogen and oxygen atoms in total. The number of nitrogens with zero attached hydrogens (tertiary/aromatic N) is 2. The van der Waals surface area contributed by atoms with Crippen molar-refractivity contribution in [1.82, 2.24) is 14.9 Å². The summed E-state index contributed by atoms with van der Waals surface area (Å²) in [6, 6.07) is 11.8. The minimum atomic E-state index is 0.422. The molecule has 0 aliphatic carbocycles. The molecule has 29 heavy (non-hydrogen) atoms. The van der Waals surface area contributed by atoms with Crippen molar-refractivity contribution in [3.05, 3.63) is 75.7 Å². The highest BCUT2D eigenvalue weighted by atomic mass is 79.9. The zero-order valence-electron chi connectivity index (χ0n) is 16.4. The molecule has 0 bridgehead atoms. The Bertz CT molecular complexity index is 903. The number of hydrogen-bond donors (Lipinski definition) is 1. The van der Waals surface area contributed by atoms with Crippen LogP contribution in [-0.2, 0) is 19.7 Å². The number of hydrogen-bond acceptors (Lipinski definition) is 4. The molecule has 1 aromatic heterocycles. The van der Waals surface area contributed by atoms with Gasteiger partial charge in [-0.3, -0.25) is 0 Å². The Morgan fingerprint density at radius 3 is 2.83 bits per heavy atom. The van der Waals surface area contributed by atoms with Crippen molar-refractivity contribution in [2.45, 2.75) is 33.0 Å². The lowest BCUT2D eigenvalue weighted by molar-refractivity contribution is 0.267. The molecule has 1 heterocycles. The quantitative estimate of drug-likeness (QED) is 0.372. The summed E-state index contributed by atoms with van der Waals surface area (Å²) < 4.78 is 14.8. The lowest BCUT2D eigenvalue weighted by Crippen LogP contribution is -2.16. The lowest BCUT2D eigenvalue weighted by atomic mass is 10.2. The van der Waals surface area contributed by atoms with Gasteiger partial charge in [0, 0.05) is 30.5 Å². The summed E-state index contributed by atoms with van der Waals surface area (Å²) in [5, 5.41) is 4.18. The molecule has 0 saturated carbocycles. The molecule has 0 spiro atoms. The van der Waals surface area contributed by atoms with E-state index >= 15 is 0 Å². The summed E-state index contributed by atoms with van der Waals surface area (Å²) in [4.78, 5) is 4.06. The second kappa shape index (κ2) is 11.2. The van der Waals surface area contributed by atoms with E-state index in [0.717, 1.165) is 47.4 Å². The Balaban J connectivity index is 1.57. The summed E-state index contributed by atoms with van der Waals surface area (Å²) in [6.45, 7) is 5.60. The van der Waals surface area contributed by atoms with E-state index in [1.54, 1.807) is 6.20 Å². The second-order valence-electron chi connectivity index (χ2n) is 6.59. The van der Waals surface area contributed by atoms with Gasteiger partial charge in [0.2, 0.25) is 0 Å².